The number of aryl methyl sites for hydroxylation is 1. The Morgan fingerprint density at radius 3 is 2.58 bits per heavy atom. The average Bonchev–Trinajstić information content (AvgIpc) is 3.23. The van der Waals surface area contributed by atoms with Crippen molar-refractivity contribution in [1.82, 2.24) is 9.62 Å². The van der Waals surface area contributed by atoms with Crippen LogP contribution in [-0.2, 0) is 21.2 Å². The van der Waals surface area contributed by atoms with Crippen LogP contribution in [0.4, 0.5) is 0 Å². The third-order valence-corrected chi connectivity index (χ3v) is 7.50. The van der Waals surface area contributed by atoms with Gasteiger partial charge in [0.25, 0.3) is 5.91 Å². The van der Waals surface area contributed by atoms with Gasteiger partial charge in [0.15, 0.2) is 0 Å². The van der Waals surface area contributed by atoms with Gasteiger partial charge in [0.1, 0.15) is 11.3 Å². The Labute approximate surface area is 182 Å². The van der Waals surface area contributed by atoms with Gasteiger partial charge in [-0.25, -0.2) is 8.42 Å². The van der Waals surface area contributed by atoms with Crippen LogP contribution in [-0.4, -0.2) is 44.9 Å². The maximum atomic E-state index is 13.2. The Balaban J connectivity index is 1.58. The van der Waals surface area contributed by atoms with E-state index in [1.54, 1.807) is 12.1 Å². The maximum absolute atomic E-state index is 13.2. The molecule has 8 heteroatoms. The normalized spacial score (nSPS) is 16.3. The van der Waals surface area contributed by atoms with Gasteiger partial charge in [-0.15, -0.1) is 0 Å². The van der Waals surface area contributed by atoms with Crippen LogP contribution in [0.3, 0.4) is 0 Å². The van der Waals surface area contributed by atoms with Crippen LogP contribution in [0.2, 0.25) is 0 Å². The van der Waals surface area contributed by atoms with Crippen LogP contribution in [0.5, 0.6) is 0 Å². The first kappa shape index (κ1) is 21.5. The van der Waals surface area contributed by atoms with Gasteiger partial charge >= 0.3 is 0 Å². The van der Waals surface area contributed by atoms with Gasteiger partial charge in [-0.1, -0.05) is 31.2 Å². The molecular weight excluding hydrogens is 416 g/mol. The highest BCUT2D eigenvalue weighted by atomic mass is 32.2. The molecular formula is C23H26N2O5S. The SMILES string of the molecule is CCc1ccc(C(=O)NC(C)c2cc3ccccc3o2)cc1S(=O)(=O)N1CCOCC1. The summed E-state index contributed by atoms with van der Waals surface area (Å²) >= 11 is 0. The second-order valence-corrected chi connectivity index (χ2v) is 9.48. The molecule has 4 rings (SSSR count). The van der Waals surface area contributed by atoms with Gasteiger partial charge in [0.05, 0.1) is 24.2 Å². The number of furan rings is 1. The first-order valence-electron chi connectivity index (χ1n) is 10.4. The second-order valence-electron chi connectivity index (χ2n) is 7.57. The quantitative estimate of drug-likeness (QED) is 0.631. The van der Waals surface area contributed by atoms with Crippen molar-refractivity contribution in [2.75, 3.05) is 26.3 Å². The molecule has 1 aliphatic rings. The summed E-state index contributed by atoms with van der Waals surface area (Å²) in [5.74, 6) is 0.287. The number of carbonyl (C=O) groups is 1. The van der Waals surface area contributed by atoms with Crippen molar-refractivity contribution in [2.24, 2.45) is 0 Å². The van der Waals surface area contributed by atoms with Gasteiger partial charge in [0.2, 0.25) is 10.0 Å². The number of para-hydroxylation sites is 1. The monoisotopic (exact) mass is 442 g/mol. The van der Waals surface area contributed by atoms with Crippen LogP contribution in [0.25, 0.3) is 11.0 Å². The molecule has 1 N–H and O–H groups in total. The lowest BCUT2D eigenvalue weighted by Crippen LogP contribution is -2.41. The zero-order chi connectivity index (χ0) is 22.0. The summed E-state index contributed by atoms with van der Waals surface area (Å²) in [5.41, 5.74) is 1.74. The summed E-state index contributed by atoms with van der Waals surface area (Å²) in [6.45, 7) is 5.10. The lowest BCUT2D eigenvalue weighted by atomic mass is 10.1. The number of ether oxygens (including phenoxy) is 1. The van der Waals surface area contributed by atoms with E-state index < -0.39 is 10.0 Å². The predicted molar refractivity (Wildman–Crippen MR) is 117 cm³/mol. The molecule has 7 nitrogen and oxygen atoms in total. The van der Waals surface area contributed by atoms with Gasteiger partial charge in [-0.2, -0.15) is 4.31 Å². The highest BCUT2D eigenvalue weighted by molar-refractivity contribution is 7.89. The number of benzene rings is 2. The summed E-state index contributed by atoms with van der Waals surface area (Å²) < 4.78 is 38.9. The van der Waals surface area contributed by atoms with Gasteiger partial charge in [-0.05, 0) is 43.2 Å². The Morgan fingerprint density at radius 1 is 1.13 bits per heavy atom. The van der Waals surface area contributed by atoms with Crippen molar-refractivity contribution < 1.29 is 22.4 Å². The molecule has 2 aromatic carbocycles. The predicted octanol–water partition coefficient (Wildman–Crippen LogP) is 3.51. The minimum Gasteiger partial charge on any atom is -0.459 e. The van der Waals surface area contributed by atoms with E-state index in [9.17, 15) is 13.2 Å². The van der Waals surface area contributed by atoms with E-state index in [-0.39, 0.29) is 16.8 Å². The summed E-state index contributed by atoms with van der Waals surface area (Å²) in [6, 6.07) is 14.0. The number of carbonyl (C=O) groups excluding carboxylic acids is 1. The van der Waals surface area contributed by atoms with E-state index in [0.29, 0.717) is 49.6 Å². The molecule has 164 valence electrons. The number of amides is 1. The first-order chi connectivity index (χ1) is 14.9. The fourth-order valence-electron chi connectivity index (χ4n) is 3.72. The molecule has 1 amide bonds. The van der Waals surface area contributed by atoms with Gasteiger partial charge in [0, 0.05) is 24.0 Å². The molecule has 0 aliphatic carbocycles. The summed E-state index contributed by atoms with van der Waals surface area (Å²) in [7, 11) is -3.70. The fraction of sp³-hybridized carbons (Fsp3) is 0.348. The number of hydrogen-bond acceptors (Lipinski definition) is 5. The number of morpholine rings is 1. The fourth-order valence-corrected chi connectivity index (χ4v) is 5.45. The molecule has 0 radical (unpaired) electrons. The molecule has 3 aromatic rings. The Hall–Kier alpha value is -2.68. The molecule has 1 aromatic heterocycles. The Kier molecular flexibility index (Phi) is 6.13. The van der Waals surface area contributed by atoms with Crippen molar-refractivity contribution in [2.45, 2.75) is 31.2 Å². The smallest absolute Gasteiger partial charge is 0.251 e. The standard InChI is InChI=1S/C23H26N2O5S/c1-3-17-8-9-19(15-22(17)31(27,28)25-10-12-29-13-11-25)23(26)24-16(2)21-14-18-6-4-5-7-20(18)30-21/h4-9,14-16H,3,10-13H2,1-2H3,(H,24,26). The van der Waals surface area contributed by atoms with E-state index in [1.165, 1.54) is 10.4 Å². The number of rotatable bonds is 6. The summed E-state index contributed by atoms with van der Waals surface area (Å²) in [6.07, 6.45) is 0.552. The van der Waals surface area contributed by atoms with Gasteiger partial charge < -0.3 is 14.5 Å². The molecule has 0 saturated carbocycles. The van der Waals surface area contributed by atoms with Crippen molar-refractivity contribution >= 4 is 26.9 Å². The highest BCUT2D eigenvalue weighted by Gasteiger charge is 2.29. The highest BCUT2D eigenvalue weighted by Crippen LogP contribution is 2.26. The summed E-state index contributed by atoms with van der Waals surface area (Å²) in [4.78, 5) is 13.1. The van der Waals surface area contributed by atoms with Crippen molar-refractivity contribution in [3.63, 3.8) is 0 Å². The third-order valence-electron chi connectivity index (χ3n) is 5.52. The number of fused-ring (bicyclic) bond motifs is 1. The third kappa shape index (κ3) is 4.37. The zero-order valence-electron chi connectivity index (χ0n) is 17.6. The van der Waals surface area contributed by atoms with E-state index in [1.807, 2.05) is 44.2 Å². The molecule has 2 heterocycles. The lowest BCUT2D eigenvalue weighted by Gasteiger charge is -2.27. The summed E-state index contributed by atoms with van der Waals surface area (Å²) in [5, 5.41) is 3.87. The van der Waals surface area contributed by atoms with Crippen LogP contribution >= 0.6 is 0 Å². The maximum Gasteiger partial charge on any atom is 0.251 e. The van der Waals surface area contributed by atoms with Crippen molar-refractivity contribution in [3.05, 3.63) is 65.4 Å². The second kappa shape index (κ2) is 8.82. The van der Waals surface area contributed by atoms with E-state index >= 15 is 0 Å². The molecule has 1 aliphatic heterocycles. The number of nitrogens with one attached hydrogen (secondary N) is 1. The minimum absolute atomic E-state index is 0.181. The molecule has 1 unspecified atom stereocenters. The van der Waals surface area contributed by atoms with E-state index in [0.717, 1.165) is 11.0 Å². The molecule has 31 heavy (non-hydrogen) atoms. The van der Waals surface area contributed by atoms with Gasteiger partial charge in [-0.3, -0.25) is 4.79 Å². The number of nitrogens with zero attached hydrogens (tertiary/aromatic N) is 1. The first-order valence-corrected chi connectivity index (χ1v) is 11.8. The molecule has 0 bridgehead atoms. The van der Waals surface area contributed by atoms with Crippen LogP contribution in [0.1, 0.15) is 41.6 Å². The number of hydrogen-bond donors (Lipinski definition) is 1. The number of sulfonamides is 1. The van der Waals surface area contributed by atoms with E-state index in [2.05, 4.69) is 5.32 Å². The van der Waals surface area contributed by atoms with Crippen LogP contribution in [0, 0.1) is 0 Å². The molecule has 1 fully saturated rings. The molecule has 1 atom stereocenters. The van der Waals surface area contributed by atoms with Crippen LogP contribution in [0.15, 0.2) is 57.8 Å². The Morgan fingerprint density at radius 2 is 1.87 bits per heavy atom. The van der Waals surface area contributed by atoms with Crippen molar-refractivity contribution in [1.29, 1.82) is 0 Å². The molecule has 1 saturated heterocycles. The minimum atomic E-state index is -3.70. The van der Waals surface area contributed by atoms with E-state index in [4.69, 9.17) is 9.15 Å². The van der Waals surface area contributed by atoms with Crippen LogP contribution < -0.4 is 5.32 Å². The Bertz CT molecular complexity index is 1160. The molecule has 0 spiro atoms. The van der Waals surface area contributed by atoms with Crippen molar-refractivity contribution in [3.8, 4) is 0 Å². The largest absolute Gasteiger partial charge is 0.459 e. The average molecular weight is 443 g/mol. The zero-order valence-corrected chi connectivity index (χ0v) is 18.4. The lowest BCUT2D eigenvalue weighted by molar-refractivity contribution is 0.0730. The topological polar surface area (TPSA) is 88.8 Å².